The quantitative estimate of drug-likeness (QED) is 0.173. The number of methoxy groups -OCH3 is 1. The summed E-state index contributed by atoms with van der Waals surface area (Å²) in [4.78, 5) is 12.5. The third kappa shape index (κ3) is 6.04. The molecule has 33 heavy (non-hydrogen) atoms. The van der Waals surface area contributed by atoms with Crippen LogP contribution in [0.3, 0.4) is 0 Å². The predicted molar refractivity (Wildman–Crippen MR) is 134 cm³/mol. The van der Waals surface area contributed by atoms with Crippen LogP contribution in [-0.4, -0.2) is 21.4 Å². The number of benzene rings is 3. The number of nitriles is 1. The topological polar surface area (TPSA) is 105 Å². The molecule has 0 atom stereocenters. The zero-order chi connectivity index (χ0) is 24.0. The van der Waals surface area contributed by atoms with Gasteiger partial charge in [-0.05, 0) is 70.6 Å². The van der Waals surface area contributed by atoms with Crippen molar-refractivity contribution in [1.29, 1.82) is 5.26 Å². The van der Waals surface area contributed by atoms with Gasteiger partial charge in [-0.3, -0.25) is 4.79 Å². The molecule has 7 nitrogen and oxygen atoms in total. The van der Waals surface area contributed by atoms with Crippen molar-refractivity contribution in [3.8, 4) is 17.6 Å². The summed E-state index contributed by atoms with van der Waals surface area (Å²) in [7, 11) is -2.73. The van der Waals surface area contributed by atoms with Gasteiger partial charge in [0.2, 0.25) is 0 Å². The Morgan fingerprint density at radius 3 is 2.42 bits per heavy atom. The molecule has 0 fully saturated rings. The molecule has 1 N–H and O–H groups in total. The second-order valence-electron chi connectivity index (χ2n) is 6.49. The van der Waals surface area contributed by atoms with Crippen LogP contribution >= 0.6 is 34.2 Å². The van der Waals surface area contributed by atoms with Gasteiger partial charge in [0.05, 0.1) is 21.4 Å². The number of anilines is 1. The van der Waals surface area contributed by atoms with Crippen LogP contribution in [0.2, 0.25) is 5.02 Å². The molecule has 1 amide bonds. The second kappa shape index (κ2) is 10.7. The maximum Gasteiger partial charge on any atom is 0.339 e. The normalized spacial score (nSPS) is 11.4. The number of hydrogen-bond donors (Lipinski definition) is 1. The number of nitrogens with one attached hydrogen (secondary N) is 1. The van der Waals surface area contributed by atoms with Crippen LogP contribution in [0.4, 0.5) is 5.69 Å². The van der Waals surface area contributed by atoms with Gasteiger partial charge >= 0.3 is 10.1 Å². The molecule has 0 aromatic heterocycles. The minimum atomic E-state index is -4.09. The third-order valence-corrected chi connectivity index (χ3v) is 6.64. The molecule has 0 unspecified atom stereocenters. The van der Waals surface area contributed by atoms with Crippen molar-refractivity contribution in [2.75, 3.05) is 12.4 Å². The first-order chi connectivity index (χ1) is 15.7. The number of halogens is 2. The fourth-order valence-corrected chi connectivity index (χ4v) is 4.76. The maximum absolute atomic E-state index is 12.6. The molecule has 0 heterocycles. The molecule has 0 aliphatic rings. The molecule has 0 bridgehead atoms. The number of rotatable bonds is 7. The van der Waals surface area contributed by atoms with Gasteiger partial charge < -0.3 is 14.2 Å². The summed E-state index contributed by atoms with van der Waals surface area (Å²) >= 11 is 7.95. The average molecular weight is 595 g/mol. The highest BCUT2D eigenvalue weighted by Gasteiger charge is 2.22. The molecule has 10 heteroatoms. The summed E-state index contributed by atoms with van der Waals surface area (Å²) in [6.07, 6.45) is 1.35. The first-order valence-corrected chi connectivity index (χ1v) is 12.2. The summed E-state index contributed by atoms with van der Waals surface area (Å²) in [5.74, 6) is -0.527. The summed E-state index contributed by atoms with van der Waals surface area (Å²) in [6, 6.07) is 19.2. The largest absolute Gasteiger partial charge is 0.493 e. The van der Waals surface area contributed by atoms with E-state index in [9.17, 15) is 18.5 Å². The average Bonchev–Trinajstić information content (AvgIpc) is 2.80. The molecule has 0 spiro atoms. The SMILES string of the molecule is COc1cc(/C=C(\C#N)C(=O)Nc2ccccc2Cl)cc(I)c1OS(=O)(=O)c1ccccc1. The molecule has 3 rings (SSSR count). The maximum atomic E-state index is 12.6. The van der Waals surface area contributed by atoms with E-state index >= 15 is 0 Å². The van der Waals surface area contributed by atoms with E-state index in [0.29, 0.717) is 19.8 Å². The van der Waals surface area contributed by atoms with Crippen molar-refractivity contribution < 1.29 is 22.1 Å². The van der Waals surface area contributed by atoms with Gasteiger partial charge in [0.25, 0.3) is 5.91 Å². The van der Waals surface area contributed by atoms with Crippen molar-refractivity contribution in [3.05, 3.63) is 86.5 Å². The van der Waals surface area contributed by atoms with Gasteiger partial charge in [-0.25, -0.2) is 0 Å². The van der Waals surface area contributed by atoms with Crippen molar-refractivity contribution in [2.45, 2.75) is 4.90 Å². The zero-order valence-electron chi connectivity index (χ0n) is 17.1. The smallest absolute Gasteiger partial charge is 0.339 e. The van der Waals surface area contributed by atoms with Gasteiger partial charge in [-0.1, -0.05) is 41.9 Å². The highest BCUT2D eigenvalue weighted by Crippen LogP contribution is 2.36. The lowest BCUT2D eigenvalue weighted by molar-refractivity contribution is -0.112. The molecule has 0 saturated carbocycles. The van der Waals surface area contributed by atoms with E-state index in [0.717, 1.165) is 0 Å². The third-order valence-electron chi connectivity index (χ3n) is 4.27. The van der Waals surface area contributed by atoms with Crippen molar-refractivity contribution in [3.63, 3.8) is 0 Å². The minimum Gasteiger partial charge on any atom is -0.493 e. The second-order valence-corrected chi connectivity index (χ2v) is 9.60. The van der Waals surface area contributed by atoms with E-state index in [1.165, 1.54) is 31.4 Å². The Hall–Kier alpha value is -3.07. The summed E-state index contributed by atoms with van der Waals surface area (Å²) in [6.45, 7) is 0. The zero-order valence-corrected chi connectivity index (χ0v) is 20.8. The van der Waals surface area contributed by atoms with E-state index in [1.807, 2.05) is 28.7 Å². The number of ether oxygens (including phenoxy) is 1. The lowest BCUT2D eigenvalue weighted by atomic mass is 10.1. The molecular formula is C23H16ClIN2O5S. The van der Waals surface area contributed by atoms with Gasteiger partial charge in [0, 0.05) is 0 Å². The lowest BCUT2D eigenvalue weighted by Crippen LogP contribution is -2.14. The lowest BCUT2D eigenvalue weighted by Gasteiger charge is -2.13. The van der Waals surface area contributed by atoms with Crippen molar-refractivity contribution in [1.82, 2.24) is 0 Å². The summed E-state index contributed by atoms with van der Waals surface area (Å²) in [5.41, 5.74) is 0.622. The van der Waals surface area contributed by atoms with Gasteiger partial charge in [-0.2, -0.15) is 13.7 Å². The van der Waals surface area contributed by atoms with Crippen LogP contribution in [0.5, 0.6) is 11.5 Å². The Morgan fingerprint density at radius 2 is 1.79 bits per heavy atom. The van der Waals surface area contributed by atoms with Crippen LogP contribution in [0, 0.1) is 14.9 Å². The Morgan fingerprint density at radius 1 is 1.12 bits per heavy atom. The van der Waals surface area contributed by atoms with Gasteiger partial charge in [0.15, 0.2) is 11.5 Å². The van der Waals surface area contributed by atoms with Crippen LogP contribution in [0.1, 0.15) is 5.56 Å². The number of carbonyl (C=O) groups excluding carboxylic acids is 1. The summed E-state index contributed by atoms with van der Waals surface area (Å²) in [5, 5.41) is 12.4. The van der Waals surface area contributed by atoms with Crippen LogP contribution in [0.25, 0.3) is 6.08 Å². The minimum absolute atomic E-state index is 0.00173. The van der Waals surface area contributed by atoms with Crippen molar-refractivity contribution in [2.24, 2.45) is 0 Å². The number of para-hydroxylation sites is 1. The summed E-state index contributed by atoms with van der Waals surface area (Å²) < 4.78 is 36.3. The fourth-order valence-electron chi connectivity index (χ4n) is 2.72. The molecule has 0 aliphatic heterocycles. The Labute approximate surface area is 209 Å². The molecule has 3 aromatic carbocycles. The van der Waals surface area contributed by atoms with Gasteiger partial charge in [0.1, 0.15) is 16.5 Å². The molecule has 3 aromatic rings. The molecule has 0 saturated heterocycles. The fraction of sp³-hybridized carbons (Fsp3) is 0.0435. The van der Waals surface area contributed by atoms with E-state index in [-0.39, 0.29) is 22.0 Å². The first-order valence-electron chi connectivity index (χ1n) is 9.30. The number of nitrogens with zero attached hydrogens (tertiary/aromatic N) is 1. The number of carbonyl (C=O) groups is 1. The van der Waals surface area contributed by atoms with Crippen LogP contribution < -0.4 is 14.2 Å². The van der Waals surface area contributed by atoms with E-state index < -0.39 is 16.0 Å². The molecule has 0 aliphatic carbocycles. The monoisotopic (exact) mass is 594 g/mol. The molecule has 168 valence electrons. The number of amides is 1. The van der Waals surface area contributed by atoms with E-state index in [4.69, 9.17) is 20.5 Å². The predicted octanol–water partition coefficient (Wildman–Crippen LogP) is 5.27. The van der Waals surface area contributed by atoms with E-state index in [1.54, 1.807) is 48.5 Å². The Bertz CT molecular complexity index is 1370. The standard InChI is InChI=1S/C23H16ClIN2O5S/c1-31-21-13-15(11-16(14-26)23(28)27-20-10-6-5-9-18(20)24)12-19(25)22(21)32-33(29,30)17-7-3-2-4-8-17/h2-13H,1H3,(H,27,28)/b16-11+. The highest BCUT2D eigenvalue weighted by molar-refractivity contribution is 14.1. The highest BCUT2D eigenvalue weighted by atomic mass is 127. The van der Waals surface area contributed by atoms with Crippen LogP contribution in [0.15, 0.2) is 77.2 Å². The molecule has 0 radical (unpaired) electrons. The Balaban J connectivity index is 1.92. The van der Waals surface area contributed by atoms with Gasteiger partial charge in [-0.15, -0.1) is 0 Å². The van der Waals surface area contributed by atoms with Crippen molar-refractivity contribution >= 4 is 62.0 Å². The number of hydrogen-bond acceptors (Lipinski definition) is 6. The Kier molecular flexibility index (Phi) is 7.97. The van der Waals surface area contributed by atoms with Crippen LogP contribution in [-0.2, 0) is 14.9 Å². The van der Waals surface area contributed by atoms with E-state index in [2.05, 4.69) is 5.32 Å². The first kappa shape index (κ1) is 24.6. The molecular weight excluding hydrogens is 579 g/mol.